The summed E-state index contributed by atoms with van der Waals surface area (Å²) in [6, 6.07) is 9.84. The van der Waals surface area contributed by atoms with Gasteiger partial charge in [-0.05, 0) is 34.9 Å². The average Bonchev–Trinajstić information content (AvgIpc) is 2.67. The lowest BCUT2D eigenvalue weighted by Gasteiger charge is -2.07. The zero-order chi connectivity index (χ0) is 12.7. The van der Waals surface area contributed by atoms with Crippen molar-refractivity contribution in [2.75, 3.05) is 11.9 Å². The topological polar surface area (TPSA) is 35.8 Å². The number of benzene rings is 1. The Morgan fingerprint density at radius 3 is 2.41 bits per heavy atom. The third-order valence-electron chi connectivity index (χ3n) is 4.82. The van der Waals surface area contributed by atoms with E-state index in [2.05, 4.69) is 39.1 Å². The van der Waals surface area contributed by atoms with E-state index in [9.17, 15) is 0 Å². The number of rotatable bonds is 3. The zero-order valence-corrected chi connectivity index (χ0v) is 11.0. The fraction of sp³-hybridized carbons (Fsp3) is 0.533. The molecule has 0 unspecified atom stereocenters. The lowest BCUT2D eigenvalue weighted by Crippen LogP contribution is -2.08. The van der Waals surface area contributed by atoms with E-state index < -0.39 is 0 Å². The molecule has 90 valence electrons. The van der Waals surface area contributed by atoms with Gasteiger partial charge in [-0.25, -0.2) is 0 Å². The SMILES string of the molecule is CC1(C)C(CNc2cccc(C#N)c2)C1(C)C. The molecule has 1 N–H and O–H groups in total. The third-order valence-corrected chi connectivity index (χ3v) is 4.82. The summed E-state index contributed by atoms with van der Waals surface area (Å²) in [5, 5.41) is 12.3. The second-order valence-corrected chi connectivity index (χ2v) is 6.07. The first-order valence-electron chi connectivity index (χ1n) is 6.13. The van der Waals surface area contributed by atoms with Crippen molar-refractivity contribution in [3.8, 4) is 6.07 Å². The first kappa shape index (κ1) is 12.0. The Morgan fingerprint density at radius 2 is 1.88 bits per heavy atom. The first-order valence-corrected chi connectivity index (χ1v) is 6.13. The molecule has 2 nitrogen and oxygen atoms in total. The van der Waals surface area contributed by atoms with Crippen LogP contribution in [0, 0.1) is 28.1 Å². The molecule has 0 saturated heterocycles. The maximum absolute atomic E-state index is 8.84. The van der Waals surface area contributed by atoms with Crippen molar-refractivity contribution in [3.63, 3.8) is 0 Å². The van der Waals surface area contributed by atoms with Crippen LogP contribution in [0.15, 0.2) is 24.3 Å². The zero-order valence-electron chi connectivity index (χ0n) is 11.0. The van der Waals surface area contributed by atoms with Crippen LogP contribution in [-0.2, 0) is 0 Å². The van der Waals surface area contributed by atoms with Gasteiger partial charge in [-0.15, -0.1) is 0 Å². The van der Waals surface area contributed by atoms with E-state index in [1.165, 1.54) is 0 Å². The molecule has 0 heterocycles. The second kappa shape index (κ2) is 3.77. The van der Waals surface area contributed by atoms with Crippen molar-refractivity contribution in [1.29, 1.82) is 5.26 Å². The second-order valence-electron chi connectivity index (χ2n) is 6.07. The monoisotopic (exact) mass is 228 g/mol. The predicted octanol–water partition coefficient (Wildman–Crippen LogP) is 3.65. The third kappa shape index (κ3) is 1.91. The fourth-order valence-corrected chi connectivity index (χ4v) is 2.76. The standard InChI is InChI=1S/C15H20N2/c1-14(2)13(15(14,3)4)10-17-12-7-5-6-11(8-12)9-16/h5-8,13,17H,10H2,1-4H3. The molecule has 0 bridgehead atoms. The molecular formula is C15H20N2. The van der Waals surface area contributed by atoms with Gasteiger partial charge in [-0.3, -0.25) is 0 Å². The Bertz CT molecular complexity index is 452. The van der Waals surface area contributed by atoms with Crippen molar-refractivity contribution in [2.45, 2.75) is 27.7 Å². The lowest BCUT2D eigenvalue weighted by molar-refractivity contribution is 0.457. The molecule has 1 aliphatic rings. The Balaban J connectivity index is 1.98. The molecule has 0 radical (unpaired) electrons. The van der Waals surface area contributed by atoms with E-state index >= 15 is 0 Å². The van der Waals surface area contributed by atoms with Gasteiger partial charge in [0.05, 0.1) is 11.6 Å². The maximum atomic E-state index is 8.84. The van der Waals surface area contributed by atoms with Crippen LogP contribution >= 0.6 is 0 Å². The first-order chi connectivity index (χ1) is 7.89. The number of hydrogen-bond donors (Lipinski definition) is 1. The number of nitriles is 1. The van der Waals surface area contributed by atoms with Crippen molar-refractivity contribution in [3.05, 3.63) is 29.8 Å². The van der Waals surface area contributed by atoms with Crippen LogP contribution in [0.3, 0.4) is 0 Å². The van der Waals surface area contributed by atoms with Crippen molar-refractivity contribution < 1.29 is 0 Å². The highest BCUT2D eigenvalue weighted by Crippen LogP contribution is 2.68. The Morgan fingerprint density at radius 1 is 1.24 bits per heavy atom. The van der Waals surface area contributed by atoms with Crippen molar-refractivity contribution in [1.82, 2.24) is 0 Å². The lowest BCUT2D eigenvalue weighted by atomic mass is 10.0. The highest BCUT2D eigenvalue weighted by atomic mass is 14.9. The van der Waals surface area contributed by atoms with E-state index in [-0.39, 0.29) is 0 Å². The van der Waals surface area contributed by atoms with Gasteiger partial charge in [-0.2, -0.15) is 5.26 Å². The molecular weight excluding hydrogens is 208 g/mol. The molecule has 1 aliphatic carbocycles. The molecule has 1 aromatic carbocycles. The minimum atomic E-state index is 0.410. The molecule has 0 amide bonds. The molecule has 0 spiro atoms. The Labute approximate surface area is 104 Å². The van der Waals surface area contributed by atoms with Crippen LogP contribution in [0.1, 0.15) is 33.3 Å². The summed E-state index contributed by atoms with van der Waals surface area (Å²) in [5.74, 6) is 0.695. The molecule has 17 heavy (non-hydrogen) atoms. The van der Waals surface area contributed by atoms with Gasteiger partial charge >= 0.3 is 0 Å². The van der Waals surface area contributed by atoms with Gasteiger partial charge < -0.3 is 5.32 Å². The van der Waals surface area contributed by atoms with Crippen molar-refractivity contribution >= 4 is 5.69 Å². The minimum absolute atomic E-state index is 0.410. The molecule has 0 aliphatic heterocycles. The summed E-state index contributed by atoms with van der Waals surface area (Å²) >= 11 is 0. The normalized spacial score (nSPS) is 20.6. The van der Waals surface area contributed by atoms with E-state index in [0.29, 0.717) is 22.3 Å². The Hall–Kier alpha value is -1.49. The smallest absolute Gasteiger partial charge is 0.0992 e. The van der Waals surface area contributed by atoms with Gasteiger partial charge in [0.2, 0.25) is 0 Å². The average molecular weight is 228 g/mol. The van der Waals surface area contributed by atoms with Crippen LogP contribution in [0.2, 0.25) is 0 Å². The van der Waals surface area contributed by atoms with Crippen LogP contribution in [-0.4, -0.2) is 6.54 Å². The Kier molecular flexibility index (Phi) is 2.66. The fourth-order valence-electron chi connectivity index (χ4n) is 2.76. The highest BCUT2D eigenvalue weighted by molar-refractivity contribution is 5.49. The molecule has 0 aromatic heterocycles. The molecule has 1 fully saturated rings. The van der Waals surface area contributed by atoms with Crippen molar-refractivity contribution in [2.24, 2.45) is 16.7 Å². The van der Waals surface area contributed by atoms with E-state index in [0.717, 1.165) is 12.2 Å². The van der Waals surface area contributed by atoms with Crippen LogP contribution in [0.4, 0.5) is 5.69 Å². The maximum Gasteiger partial charge on any atom is 0.0992 e. The van der Waals surface area contributed by atoms with Gasteiger partial charge in [0, 0.05) is 12.2 Å². The summed E-state index contributed by atoms with van der Waals surface area (Å²) < 4.78 is 0. The summed E-state index contributed by atoms with van der Waals surface area (Å²) in [4.78, 5) is 0. The summed E-state index contributed by atoms with van der Waals surface area (Å²) in [6.07, 6.45) is 0. The highest BCUT2D eigenvalue weighted by Gasteiger charge is 2.63. The van der Waals surface area contributed by atoms with E-state index in [1.807, 2.05) is 24.3 Å². The molecule has 2 heteroatoms. The molecule has 2 rings (SSSR count). The number of nitrogens with zero attached hydrogens (tertiary/aromatic N) is 1. The van der Waals surface area contributed by atoms with Crippen LogP contribution in [0.25, 0.3) is 0 Å². The number of nitrogens with one attached hydrogen (secondary N) is 1. The molecule has 0 atom stereocenters. The van der Waals surface area contributed by atoms with E-state index in [4.69, 9.17) is 5.26 Å². The molecule has 1 saturated carbocycles. The molecule has 1 aromatic rings. The van der Waals surface area contributed by atoms with Crippen LogP contribution in [0.5, 0.6) is 0 Å². The number of hydrogen-bond acceptors (Lipinski definition) is 2. The van der Waals surface area contributed by atoms with E-state index in [1.54, 1.807) is 0 Å². The summed E-state index contributed by atoms with van der Waals surface area (Å²) in [5.41, 5.74) is 2.58. The van der Waals surface area contributed by atoms with Gasteiger partial charge in [-0.1, -0.05) is 33.8 Å². The van der Waals surface area contributed by atoms with Crippen LogP contribution < -0.4 is 5.32 Å². The quantitative estimate of drug-likeness (QED) is 0.857. The minimum Gasteiger partial charge on any atom is -0.385 e. The van der Waals surface area contributed by atoms with Gasteiger partial charge in [0.15, 0.2) is 0 Å². The van der Waals surface area contributed by atoms with Gasteiger partial charge in [0.25, 0.3) is 0 Å². The summed E-state index contributed by atoms with van der Waals surface area (Å²) in [7, 11) is 0. The summed E-state index contributed by atoms with van der Waals surface area (Å²) in [6.45, 7) is 10.3. The predicted molar refractivity (Wildman–Crippen MR) is 70.7 cm³/mol. The number of anilines is 1. The largest absolute Gasteiger partial charge is 0.385 e. The van der Waals surface area contributed by atoms with Gasteiger partial charge in [0.1, 0.15) is 0 Å².